The van der Waals surface area contributed by atoms with Crippen LogP contribution < -0.4 is 14.8 Å². The first-order valence-corrected chi connectivity index (χ1v) is 11.7. The first kappa shape index (κ1) is 19.6. The van der Waals surface area contributed by atoms with Crippen molar-refractivity contribution in [2.45, 2.75) is 37.3 Å². The third kappa shape index (κ3) is 3.88. The molecule has 0 fully saturated rings. The molecule has 2 amide bonds. The predicted octanol–water partition coefficient (Wildman–Crippen LogP) is 3.33. The monoisotopic (exact) mass is 438 g/mol. The van der Waals surface area contributed by atoms with Crippen molar-refractivity contribution in [1.29, 1.82) is 0 Å². The Labute approximate surface area is 180 Å². The van der Waals surface area contributed by atoms with Gasteiger partial charge in [0.25, 0.3) is 10.0 Å². The number of amides is 2. The predicted molar refractivity (Wildman–Crippen MR) is 116 cm³/mol. The molecule has 2 aromatic carbocycles. The van der Waals surface area contributed by atoms with Crippen LogP contribution in [0.25, 0.3) is 11.1 Å². The molecule has 0 spiro atoms. The van der Waals surface area contributed by atoms with Crippen LogP contribution in [0.1, 0.15) is 24.0 Å². The summed E-state index contributed by atoms with van der Waals surface area (Å²) in [6.07, 6.45) is 4.99. The van der Waals surface area contributed by atoms with Crippen LogP contribution in [0, 0.1) is 0 Å². The van der Waals surface area contributed by atoms with E-state index in [1.54, 1.807) is 6.20 Å². The second-order valence-corrected chi connectivity index (χ2v) is 9.32. The number of ether oxygens (including phenoxy) is 1. The van der Waals surface area contributed by atoms with Crippen molar-refractivity contribution in [3.63, 3.8) is 0 Å². The molecule has 2 N–H and O–H groups in total. The molecule has 3 aromatic rings. The number of sulfonamides is 1. The van der Waals surface area contributed by atoms with Crippen molar-refractivity contribution in [3.05, 3.63) is 59.8 Å². The van der Waals surface area contributed by atoms with Crippen molar-refractivity contribution in [1.82, 2.24) is 14.5 Å². The summed E-state index contributed by atoms with van der Waals surface area (Å²) >= 11 is 0. The highest BCUT2D eigenvalue weighted by atomic mass is 32.2. The number of benzene rings is 2. The summed E-state index contributed by atoms with van der Waals surface area (Å²) in [6, 6.07) is 12.3. The average molecular weight is 439 g/mol. The van der Waals surface area contributed by atoms with E-state index in [0.29, 0.717) is 25.3 Å². The molecule has 8 nitrogen and oxygen atoms in total. The second kappa shape index (κ2) is 7.73. The molecule has 0 atom stereocenters. The normalized spacial score (nSPS) is 17.6. The minimum absolute atomic E-state index is 0.195. The molecule has 5 rings (SSSR count). The number of hydrogen-bond donors (Lipinski definition) is 2. The van der Waals surface area contributed by atoms with E-state index in [0.717, 1.165) is 41.7 Å². The number of nitrogens with one attached hydrogen (secondary N) is 2. The summed E-state index contributed by atoms with van der Waals surface area (Å²) in [5.41, 5.74) is 4.57. The highest BCUT2D eigenvalue weighted by molar-refractivity contribution is 7.90. The Hall–Kier alpha value is -3.33. The summed E-state index contributed by atoms with van der Waals surface area (Å²) in [4.78, 5) is 12.7. The fourth-order valence-corrected chi connectivity index (χ4v) is 5.00. The number of urea groups is 1. The van der Waals surface area contributed by atoms with Crippen LogP contribution in [-0.2, 0) is 29.4 Å². The Morgan fingerprint density at radius 3 is 2.87 bits per heavy atom. The Kier molecular flexibility index (Phi) is 4.90. The van der Waals surface area contributed by atoms with Gasteiger partial charge in [0.1, 0.15) is 5.75 Å². The molecular formula is C22H22N4O4S. The zero-order valence-electron chi connectivity index (χ0n) is 16.8. The minimum atomic E-state index is -4.09. The fraction of sp³-hybridized carbons (Fsp3) is 0.273. The van der Waals surface area contributed by atoms with E-state index in [-0.39, 0.29) is 5.03 Å². The number of nitrogens with zero attached hydrogens (tertiary/aromatic N) is 2. The third-order valence-corrected chi connectivity index (χ3v) is 6.81. The molecule has 2 aliphatic rings. The van der Waals surface area contributed by atoms with Crippen LogP contribution in [0.2, 0.25) is 0 Å². The Bertz CT molecular complexity index is 1270. The molecule has 31 heavy (non-hydrogen) atoms. The highest BCUT2D eigenvalue weighted by Gasteiger charge is 2.24. The minimum Gasteiger partial charge on any atom is -0.494 e. The largest absolute Gasteiger partial charge is 0.494 e. The van der Waals surface area contributed by atoms with Crippen molar-refractivity contribution in [3.8, 4) is 16.9 Å². The molecular weight excluding hydrogens is 416 g/mol. The molecule has 1 aliphatic heterocycles. The topological polar surface area (TPSA) is 102 Å². The maximum atomic E-state index is 12.7. The third-order valence-electron chi connectivity index (χ3n) is 5.59. The summed E-state index contributed by atoms with van der Waals surface area (Å²) in [5.74, 6) is 0.740. The summed E-state index contributed by atoms with van der Waals surface area (Å²) in [5, 5.41) is 6.69. The van der Waals surface area contributed by atoms with Gasteiger partial charge in [-0.1, -0.05) is 24.3 Å². The number of anilines is 1. The van der Waals surface area contributed by atoms with Crippen molar-refractivity contribution in [2.24, 2.45) is 0 Å². The Balaban J connectivity index is 1.60. The van der Waals surface area contributed by atoms with Crippen LogP contribution in [0.3, 0.4) is 0 Å². The van der Waals surface area contributed by atoms with Crippen LogP contribution in [0.4, 0.5) is 10.5 Å². The lowest BCUT2D eigenvalue weighted by Crippen LogP contribution is -2.35. The van der Waals surface area contributed by atoms with Gasteiger partial charge in [0.2, 0.25) is 0 Å². The maximum absolute atomic E-state index is 12.7. The van der Waals surface area contributed by atoms with Gasteiger partial charge >= 0.3 is 6.03 Å². The van der Waals surface area contributed by atoms with Gasteiger partial charge in [0.05, 0.1) is 12.3 Å². The Morgan fingerprint density at radius 2 is 1.97 bits per heavy atom. The number of fused-ring (bicyclic) bond motifs is 8. The Morgan fingerprint density at radius 1 is 1.06 bits per heavy atom. The first-order valence-electron chi connectivity index (χ1n) is 10.2. The van der Waals surface area contributed by atoms with E-state index < -0.39 is 16.1 Å². The zero-order chi connectivity index (χ0) is 21.4. The van der Waals surface area contributed by atoms with Gasteiger partial charge in [0.15, 0.2) is 5.03 Å². The van der Waals surface area contributed by atoms with Crippen LogP contribution in [-0.4, -0.2) is 30.8 Å². The standard InChI is InChI=1S/C22H22N4O4S/c27-22-23-21-18-7-2-4-15(18)8-9-19(21)16-5-1-6-17(14-16)30-13-3-11-26-12-10-20(24-26)31(28,29)25-22/h1,5-6,8-10,12,14H,2-4,7,11,13H2,(H2,23,25,27). The van der Waals surface area contributed by atoms with Crippen LogP contribution >= 0.6 is 0 Å². The molecule has 9 heteroatoms. The second-order valence-electron chi connectivity index (χ2n) is 7.69. The molecule has 1 aromatic heterocycles. The van der Waals surface area contributed by atoms with E-state index in [9.17, 15) is 13.2 Å². The fourth-order valence-electron chi connectivity index (χ4n) is 4.14. The molecule has 0 saturated carbocycles. The molecule has 4 bridgehead atoms. The highest BCUT2D eigenvalue weighted by Crippen LogP contribution is 2.38. The van der Waals surface area contributed by atoms with Crippen LogP contribution in [0.5, 0.6) is 5.75 Å². The van der Waals surface area contributed by atoms with Crippen molar-refractivity contribution < 1.29 is 17.9 Å². The van der Waals surface area contributed by atoms with Gasteiger partial charge in [0, 0.05) is 24.7 Å². The van der Waals surface area contributed by atoms with Crippen LogP contribution in [0.15, 0.2) is 53.7 Å². The molecule has 160 valence electrons. The molecule has 0 radical (unpaired) electrons. The van der Waals surface area contributed by atoms with Crippen molar-refractivity contribution in [2.75, 3.05) is 11.9 Å². The number of hydrogen-bond acceptors (Lipinski definition) is 5. The molecule has 2 heterocycles. The van der Waals surface area contributed by atoms with Gasteiger partial charge in [-0.3, -0.25) is 4.68 Å². The summed E-state index contributed by atoms with van der Waals surface area (Å²) in [7, 11) is -4.09. The lowest BCUT2D eigenvalue weighted by molar-refractivity contribution is 0.256. The van der Waals surface area contributed by atoms with Gasteiger partial charge < -0.3 is 10.1 Å². The quantitative estimate of drug-likeness (QED) is 0.561. The molecule has 1 aliphatic carbocycles. The number of aryl methyl sites for hydroxylation is 2. The number of carbonyl (C=O) groups excluding carboxylic acids is 1. The average Bonchev–Trinajstić information content (AvgIpc) is 3.41. The van der Waals surface area contributed by atoms with Gasteiger partial charge in [-0.25, -0.2) is 9.52 Å². The van der Waals surface area contributed by atoms with Gasteiger partial charge in [-0.2, -0.15) is 13.5 Å². The first-order chi connectivity index (χ1) is 15.0. The van der Waals surface area contributed by atoms with E-state index in [1.807, 2.05) is 30.3 Å². The van der Waals surface area contributed by atoms with E-state index in [2.05, 4.69) is 21.2 Å². The zero-order valence-corrected chi connectivity index (χ0v) is 17.6. The van der Waals surface area contributed by atoms with E-state index in [4.69, 9.17) is 4.74 Å². The summed E-state index contributed by atoms with van der Waals surface area (Å²) < 4.78 is 34.8. The van der Waals surface area contributed by atoms with Gasteiger partial charge in [-0.05, 0) is 54.2 Å². The number of carbonyl (C=O) groups is 1. The maximum Gasteiger partial charge on any atom is 0.333 e. The van der Waals surface area contributed by atoms with E-state index in [1.165, 1.54) is 16.3 Å². The van der Waals surface area contributed by atoms with E-state index >= 15 is 0 Å². The number of rotatable bonds is 0. The lowest BCUT2D eigenvalue weighted by Gasteiger charge is -2.17. The smallest absolute Gasteiger partial charge is 0.333 e. The molecule has 0 unspecified atom stereocenters. The summed E-state index contributed by atoms with van der Waals surface area (Å²) in [6.45, 7) is 0.966. The molecule has 0 saturated heterocycles. The SMILES string of the molecule is O=C1Nc2c(ccc3c2CCC3)-c2cccc(c2)OCCCn2ccc(n2)S(=O)(=O)N1. The van der Waals surface area contributed by atoms with Gasteiger partial charge in [-0.15, -0.1) is 0 Å². The number of aromatic nitrogens is 2. The van der Waals surface area contributed by atoms with Crippen molar-refractivity contribution >= 4 is 21.7 Å². The lowest BCUT2D eigenvalue weighted by atomic mass is 9.97.